The number of hydrogen-bond donors (Lipinski definition) is 1. The van der Waals surface area contributed by atoms with E-state index >= 15 is 0 Å². The molecule has 0 radical (unpaired) electrons. The van der Waals surface area contributed by atoms with Crippen LogP contribution in [0.2, 0.25) is 0 Å². The van der Waals surface area contributed by atoms with Crippen LogP contribution in [0.15, 0.2) is 30.3 Å². The van der Waals surface area contributed by atoms with Gasteiger partial charge in [-0.25, -0.2) is 0 Å². The first-order valence-corrected chi connectivity index (χ1v) is 7.20. The van der Waals surface area contributed by atoms with Gasteiger partial charge in [0.25, 0.3) is 0 Å². The molecule has 3 unspecified atom stereocenters. The summed E-state index contributed by atoms with van der Waals surface area (Å²) in [4.78, 5) is 12.2. The molecule has 2 rings (SSSR count). The Bertz CT molecular complexity index is 432. The summed E-state index contributed by atoms with van der Waals surface area (Å²) in [5, 5.41) is 0. The topological polar surface area (TPSA) is 43.1 Å². The fraction of sp³-hybridized carbons (Fsp3) is 0.588. The van der Waals surface area contributed by atoms with Gasteiger partial charge in [-0.15, -0.1) is 0 Å². The van der Waals surface area contributed by atoms with E-state index in [4.69, 9.17) is 5.73 Å². The van der Waals surface area contributed by atoms with Crippen LogP contribution >= 0.6 is 0 Å². The van der Waals surface area contributed by atoms with E-state index in [2.05, 4.69) is 32.9 Å². The molecule has 0 spiro atoms. The molecule has 0 saturated heterocycles. The Morgan fingerprint density at radius 2 is 1.95 bits per heavy atom. The van der Waals surface area contributed by atoms with Gasteiger partial charge in [0.2, 0.25) is 0 Å². The van der Waals surface area contributed by atoms with Crippen LogP contribution in [-0.2, 0) is 4.79 Å². The van der Waals surface area contributed by atoms with Crippen LogP contribution in [0.25, 0.3) is 0 Å². The summed E-state index contributed by atoms with van der Waals surface area (Å²) < 4.78 is 0. The second-order valence-electron chi connectivity index (χ2n) is 7.05. The quantitative estimate of drug-likeness (QED) is 0.879. The SMILES string of the molecule is CC(C)(C)CC(N)CC(=O)C1CC1c1ccccc1. The first-order valence-electron chi connectivity index (χ1n) is 7.20. The van der Waals surface area contributed by atoms with Crippen molar-refractivity contribution in [2.75, 3.05) is 0 Å². The number of hydrogen-bond acceptors (Lipinski definition) is 2. The highest BCUT2D eigenvalue weighted by molar-refractivity contribution is 5.85. The van der Waals surface area contributed by atoms with E-state index in [1.807, 2.05) is 18.2 Å². The fourth-order valence-electron chi connectivity index (χ4n) is 2.89. The summed E-state index contributed by atoms with van der Waals surface area (Å²) in [5.41, 5.74) is 7.58. The van der Waals surface area contributed by atoms with Crippen molar-refractivity contribution in [2.45, 2.75) is 52.0 Å². The summed E-state index contributed by atoms with van der Waals surface area (Å²) in [5.74, 6) is 1.01. The van der Waals surface area contributed by atoms with Gasteiger partial charge in [0, 0.05) is 18.4 Å². The lowest BCUT2D eigenvalue weighted by Gasteiger charge is -2.22. The number of nitrogens with two attached hydrogens (primary N) is 1. The molecule has 2 nitrogen and oxygen atoms in total. The maximum absolute atomic E-state index is 12.2. The van der Waals surface area contributed by atoms with Gasteiger partial charge < -0.3 is 5.73 Å². The van der Waals surface area contributed by atoms with Crippen molar-refractivity contribution in [1.82, 2.24) is 0 Å². The number of ketones is 1. The van der Waals surface area contributed by atoms with Crippen molar-refractivity contribution < 1.29 is 4.79 Å². The van der Waals surface area contributed by atoms with Crippen LogP contribution in [0.3, 0.4) is 0 Å². The number of benzene rings is 1. The summed E-state index contributed by atoms with van der Waals surface area (Å²) in [6.45, 7) is 6.50. The van der Waals surface area contributed by atoms with Crippen molar-refractivity contribution >= 4 is 5.78 Å². The van der Waals surface area contributed by atoms with Gasteiger partial charge in [0.05, 0.1) is 0 Å². The summed E-state index contributed by atoms with van der Waals surface area (Å²) in [6, 6.07) is 10.3. The molecule has 0 aromatic heterocycles. The predicted octanol–water partition coefficient (Wildman–Crippen LogP) is 3.51. The Hall–Kier alpha value is -1.15. The molecule has 2 N–H and O–H groups in total. The van der Waals surface area contributed by atoms with Crippen molar-refractivity contribution in [3.05, 3.63) is 35.9 Å². The van der Waals surface area contributed by atoms with Gasteiger partial charge in [-0.2, -0.15) is 0 Å². The maximum atomic E-state index is 12.2. The van der Waals surface area contributed by atoms with Crippen molar-refractivity contribution in [1.29, 1.82) is 0 Å². The van der Waals surface area contributed by atoms with E-state index in [0.29, 0.717) is 18.1 Å². The van der Waals surface area contributed by atoms with Gasteiger partial charge in [0.15, 0.2) is 0 Å². The number of Topliss-reactive ketones (excluding diaryl/α,β-unsaturated/α-hetero) is 1. The average molecular weight is 259 g/mol. The monoisotopic (exact) mass is 259 g/mol. The molecule has 1 aromatic carbocycles. The minimum atomic E-state index is 0.00419. The zero-order chi connectivity index (χ0) is 14.0. The third-order valence-corrected chi connectivity index (χ3v) is 3.77. The van der Waals surface area contributed by atoms with E-state index in [1.54, 1.807) is 0 Å². The standard InChI is InChI=1S/C17H25NO/c1-17(2,3)11-13(18)9-16(19)15-10-14(15)12-7-5-4-6-8-12/h4-8,13-15H,9-11,18H2,1-3H3. The van der Waals surface area contributed by atoms with E-state index < -0.39 is 0 Å². The Kier molecular flexibility index (Phi) is 4.10. The lowest BCUT2D eigenvalue weighted by Crippen LogP contribution is -2.29. The van der Waals surface area contributed by atoms with E-state index in [1.165, 1.54) is 5.56 Å². The van der Waals surface area contributed by atoms with E-state index in [9.17, 15) is 4.79 Å². The minimum Gasteiger partial charge on any atom is -0.327 e. The maximum Gasteiger partial charge on any atom is 0.138 e. The molecule has 1 aromatic rings. The molecule has 3 atom stereocenters. The van der Waals surface area contributed by atoms with Crippen LogP contribution < -0.4 is 5.73 Å². The van der Waals surface area contributed by atoms with Crippen molar-refractivity contribution in [3.63, 3.8) is 0 Å². The molecule has 104 valence electrons. The van der Waals surface area contributed by atoms with Crippen LogP contribution in [0.5, 0.6) is 0 Å². The molecule has 1 fully saturated rings. The van der Waals surface area contributed by atoms with Crippen LogP contribution in [-0.4, -0.2) is 11.8 Å². The lowest BCUT2D eigenvalue weighted by molar-refractivity contribution is -0.120. The highest BCUT2D eigenvalue weighted by Crippen LogP contribution is 2.48. The molecule has 0 heterocycles. The zero-order valence-electron chi connectivity index (χ0n) is 12.2. The predicted molar refractivity (Wildman–Crippen MR) is 79.0 cm³/mol. The highest BCUT2D eigenvalue weighted by Gasteiger charge is 2.43. The smallest absolute Gasteiger partial charge is 0.138 e. The summed E-state index contributed by atoms with van der Waals surface area (Å²) in [6.07, 6.45) is 2.44. The first-order chi connectivity index (χ1) is 8.87. The Morgan fingerprint density at radius 1 is 1.32 bits per heavy atom. The van der Waals surface area contributed by atoms with Crippen LogP contribution in [0.1, 0.15) is 51.5 Å². The summed E-state index contributed by atoms with van der Waals surface area (Å²) in [7, 11) is 0. The third-order valence-electron chi connectivity index (χ3n) is 3.77. The molecule has 1 aliphatic rings. The Balaban J connectivity index is 1.83. The highest BCUT2D eigenvalue weighted by atomic mass is 16.1. The average Bonchev–Trinajstić information content (AvgIpc) is 3.07. The van der Waals surface area contributed by atoms with Gasteiger partial charge in [0.1, 0.15) is 5.78 Å². The molecule has 0 bridgehead atoms. The third kappa shape index (κ3) is 4.17. The van der Waals surface area contributed by atoms with Crippen molar-refractivity contribution in [3.8, 4) is 0 Å². The largest absolute Gasteiger partial charge is 0.327 e. The lowest BCUT2D eigenvalue weighted by atomic mass is 9.86. The molecule has 1 saturated carbocycles. The van der Waals surface area contributed by atoms with Gasteiger partial charge in [-0.3, -0.25) is 4.79 Å². The Morgan fingerprint density at radius 3 is 2.53 bits per heavy atom. The van der Waals surface area contributed by atoms with Gasteiger partial charge in [-0.1, -0.05) is 51.1 Å². The molecule has 1 aliphatic carbocycles. The second-order valence-corrected chi connectivity index (χ2v) is 7.05. The van der Waals surface area contributed by atoms with Gasteiger partial charge in [-0.05, 0) is 29.7 Å². The van der Waals surface area contributed by atoms with Crippen LogP contribution in [0.4, 0.5) is 0 Å². The van der Waals surface area contributed by atoms with Crippen LogP contribution in [0, 0.1) is 11.3 Å². The Labute approximate surface area is 116 Å². The number of rotatable bonds is 5. The van der Waals surface area contributed by atoms with E-state index in [-0.39, 0.29) is 17.4 Å². The minimum absolute atomic E-state index is 0.00419. The van der Waals surface area contributed by atoms with Gasteiger partial charge >= 0.3 is 0 Å². The number of carbonyl (C=O) groups is 1. The normalized spacial score (nSPS) is 24.0. The van der Waals surface area contributed by atoms with E-state index in [0.717, 1.165) is 12.8 Å². The first kappa shape index (κ1) is 14.3. The van der Waals surface area contributed by atoms with Crippen molar-refractivity contribution in [2.24, 2.45) is 17.1 Å². The molecule has 2 heteroatoms. The molecular weight excluding hydrogens is 234 g/mol. The fourth-order valence-corrected chi connectivity index (χ4v) is 2.89. The molecule has 0 aliphatic heterocycles. The number of carbonyl (C=O) groups excluding carboxylic acids is 1. The molecule has 19 heavy (non-hydrogen) atoms. The second kappa shape index (κ2) is 5.46. The summed E-state index contributed by atoms with van der Waals surface area (Å²) >= 11 is 0. The molecule has 0 amide bonds. The zero-order valence-corrected chi connectivity index (χ0v) is 12.2. The molecular formula is C17H25NO.